The van der Waals surface area contributed by atoms with Crippen LogP contribution < -0.4 is 5.32 Å². The summed E-state index contributed by atoms with van der Waals surface area (Å²) >= 11 is 0. The molecule has 0 heterocycles. The van der Waals surface area contributed by atoms with E-state index >= 15 is 0 Å². The molecule has 1 aromatic rings. The number of aliphatic hydroxyl groups excluding tert-OH is 1. The molecule has 74 valence electrons. The third-order valence-electron chi connectivity index (χ3n) is 1.94. The minimum absolute atomic E-state index is 0.474. The first-order valence-corrected chi connectivity index (χ1v) is 4.65. The fourth-order valence-corrected chi connectivity index (χ4v) is 1.18. The van der Waals surface area contributed by atoms with Gasteiger partial charge in [-0.1, -0.05) is 30.3 Å². The van der Waals surface area contributed by atoms with Crippen molar-refractivity contribution < 1.29 is 5.11 Å². The average molecular weight is 190 g/mol. The van der Waals surface area contributed by atoms with Crippen molar-refractivity contribution >= 4 is 0 Å². The molecule has 3 heteroatoms. The van der Waals surface area contributed by atoms with Gasteiger partial charge in [0.15, 0.2) is 0 Å². The molecule has 0 aromatic heterocycles. The van der Waals surface area contributed by atoms with Crippen molar-refractivity contribution in [2.75, 3.05) is 13.1 Å². The van der Waals surface area contributed by atoms with Gasteiger partial charge in [0.2, 0.25) is 0 Å². The van der Waals surface area contributed by atoms with Gasteiger partial charge < -0.3 is 10.4 Å². The molecule has 0 amide bonds. The van der Waals surface area contributed by atoms with Gasteiger partial charge in [0, 0.05) is 19.5 Å². The fraction of sp³-hybridized carbons (Fsp3) is 0.364. The van der Waals surface area contributed by atoms with Gasteiger partial charge in [-0.2, -0.15) is 5.26 Å². The molecule has 1 aromatic carbocycles. The molecule has 0 aliphatic rings. The predicted octanol–water partition coefficient (Wildman–Crippen LogP) is 1.22. The van der Waals surface area contributed by atoms with Crippen LogP contribution in [0.25, 0.3) is 0 Å². The molecule has 1 rings (SSSR count). The molecule has 0 saturated carbocycles. The van der Waals surface area contributed by atoms with Crippen molar-refractivity contribution in [1.82, 2.24) is 5.32 Å². The number of benzene rings is 1. The molecule has 1 atom stereocenters. The van der Waals surface area contributed by atoms with E-state index in [0.29, 0.717) is 19.5 Å². The molecular formula is C11H14N2O. The number of nitrogens with zero attached hydrogens (tertiary/aromatic N) is 1. The van der Waals surface area contributed by atoms with E-state index < -0.39 is 6.10 Å². The lowest BCUT2D eigenvalue weighted by atomic mass is 10.1. The van der Waals surface area contributed by atoms with Crippen molar-refractivity contribution in [2.24, 2.45) is 0 Å². The normalized spacial score (nSPS) is 12.0. The quantitative estimate of drug-likeness (QED) is 0.686. The maximum atomic E-state index is 9.67. The van der Waals surface area contributed by atoms with E-state index in [4.69, 9.17) is 5.26 Å². The minimum Gasteiger partial charge on any atom is -0.387 e. The second kappa shape index (κ2) is 6.14. The van der Waals surface area contributed by atoms with Crippen LogP contribution in [-0.4, -0.2) is 18.2 Å². The Bertz CT molecular complexity index is 292. The highest BCUT2D eigenvalue weighted by Crippen LogP contribution is 2.10. The van der Waals surface area contributed by atoms with Crippen LogP contribution in [0.3, 0.4) is 0 Å². The van der Waals surface area contributed by atoms with Crippen LogP contribution in [0.1, 0.15) is 18.1 Å². The van der Waals surface area contributed by atoms with Crippen molar-refractivity contribution in [3.8, 4) is 6.07 Å². The first-order valence-electron chi connectivity index (χ1n) is 4.65. The predicted molar refractivity (Wildman–Crippen MR) is 54.5 cm³/mol. The smallest absolute Gasteiger partial charge is 0.0914 e. The Morgan fingerprint density at radius 3 is 2.71 bits per heavy atom. The molecule has 3 nitrogen and oxygen atoms in total. The van der Waals surface area contributed by atoms with Crippen LogP contribution in [0, 0.1) is 11.3 Å². The maximum absolute atomic E-state index is 9.67. The Balaban J connectivity index is 2.29. The third kappa shape index (κ3) is 3.56. The summed E-state index contributed by atoms with van der Waals surface area (Å²) in [5.74, 6) is 0. The van der Waals surface area contributed by atoms with E-state index in [-0.39, 0.29) is 0 Å². The number of hydrogen-bond donors (Lipinski definition) is 2. The van der Waals surface area contributed by atoms with E-state index in [1.54, 1.807) is 0 Å². The number of aliphatic hydroxyl groups is 1. The van der Waals surface area contributed by atoms with Crippen molar-refractivity contribution in [2.45, 2.75) is 12.5 Å². The molecule has 0 spiro atoms. The second-order valence-corrected chi connectivity index (χ2v) is 3.04. The summed E-state index contributed by atoms with van der Waals surface area (Å²) in [4.78, 5) is 0. The van der Waals surface area contributed by atoms with E-state index in [1.165, 1.54) is 0 Å². The van der Waals surface area contributed by atoms with Crippen molar-refractivity contribution in [3.05, 3.63) is 35.9 Å². The molecule has 0 aliphatic heterocycles. The molecule has 0 radical (unpaired) electrons. The SMILES string of the molecule is N#CCCNCC(O)c1ccccc1. The second-order valence-electron chi connectivity index (χ2n) is 3.04. The van der Waals surface area contributed by atoms with Crippen LogP contribution in [0.4, 0.5) is 0 Å². The van der Waals surface area contributed by atoms with Gasteiger partial charge in [-0.3, -0.25) is 0 Å². The summed E-state index contributed by atoms with van der Waals surface area (Å²) in [6, 6.07) is 11.5. The Hall–Kier alpha value is -1.37. The third-order valence-corrected chi connectivity index (χ3v) is 1.94. The zero-order valence-electron chi connectivity index (χ0n) is 7.98. The van der Waals surface area contributed by atoms with Crippen LogP contribution in [-0.2, 0) is 0 Å². The first kappa shape index (κ1) is 10.7. The summed E-state index contributed by atoms with van der Waals surface area (Å²) in [6.07, 6.45) is -0.0171. The highest BCUT2D eigenvalue weighted by Gasteiger charge is 2.04. The van der Waals surface area contributed by atoms with Gasteiger partial charge in [-0.25, -0.2) is 0 Å². The Labute approximate surface area is 84.0 Å². The van der Waals surface area contributed by atoms with Crippen LogP contribution >= 0.6 is 0 Å². The van der Waals surface area contributed by atoms with E-state index in [9.17, 15) is 5.11 Å². The number of rotatable bonds is 5. The van der Waals surface area contributed by atoms with E-state index in [2.05, 4.69) is 5.32 Å². The molecule has 0 fully saturated rings. The van der Waals surface area contributed by atoms with Gasteiger partial charge in [0.1, 0.15) is 0 Å². The molecule has 1 unspecified atom stereocenters. The summed E-state index contributed by atoms with van der Waals surface area (Å²) in [5, 5.41) is 21.0. The largest absolute Gasteiger partial charge is 0.387 e. The highest BCUT2D eigenvalue weighted by atomic mass is 16.3. The van der Waals surface area contributed by atoms with Gasteiger partial charge in [0.25, 0.3) is 0 Å². The lowest BCUT2D eigenvalue weighted by Gasteiger charge is -2.10. The van der Waals surface area contributed by atoms with Crippen LogP contribution in [0.15, 0.2) is 30.3 Å². The number of hydrogen-bond acceptors (Lipinski definition) is 3. The number of nitrogens with one attached hydrogen (secondary N) is 1. The fourth-order valence-electron chi connectivity index (χ4n) is 1.18. The summed E-state index contributed by atoms with van der Waals surface area (Å²) in [6.45, 7) is 1.12. The molecule has 0 aliphatic carbocycles. The first-order chi connectivity index (χ1) is 6.84. The van der Waals surface area contributed by atoms with Crippen LogP contribution in [0.5, 0.6) is 0 Å². The average Bonchev–Trinajstić information content (AvgIpc) is 2.25. The van der Waals surface area contributed by atoms with Crippen molar-refractivity contribution in [1.29, 1.82) is 5.26 Å². The Morgan fingerprint density at radius 1 is 1.36 bits per heavy atom. The van der Waals surface area contributed by atoms with Gasteiger partial charge in [0.05, 0.1) is 12.2 Å². The highest BCUT2D eigenvalue weighted by molar-refractivity contribution is 5.17. The summed E-state index contributed by atoms with van der Waals surface area (Å²) in [5.41, 5.74) is 0.900. The maximum Gasteiger partial charge on any atom is 0.0914 e. The topological polar surface area (TPSA) is 56.0 Å². The Morgan fingerprint density at radius 2 is 2.07 bits per heavy atom. The van der Waals surface area contributed by atoms with Gasteiger partial charge in [-0.15, -0.1) is 0 Å². The van der Waals surface area contributed by atoms with Gasteiger partial charge in [-0.05, 0) is 5.56 Å². The molecule has 2 N–H and O–H groups in total. The monoisotopic (exact) mass is 190 g/mol. The van der Waals surface area contributed by atoms with Gasteiger partial charge >= 0.3 is 0 Å². The molecular weight excluding hydrogens is 176 g/mol. The zero-order chi connectivity index (χ0) is 10.2. The standard InChI is InChI=1S/C11H14N2O/c12-7-4-8-13-9-11(14)10-5-2-1-3-6-10/h1-3,5-6,11,13-14H,4,8-9H2. The van der Waals surface area contributed by atoms with E-state index in [1.807, 2.05) is 36.4 Å². The number of nitriles is 1. The molecule has 14 heavy (non-hydrogen) atoms. The van der Waals surface area contributed by atoms with E-state index in [0.717, 1.165) is 5.56 Å². The van der Waals surface area contributed by atoms with Crippen molar-refractivity contribution in [3.63, 3.8) is 0 Å². The lowest BCUT2D eigenvalue weighted by Crippen LogP contribution is -2.22. The zero-order valence-corrected chi connectivity index (χ0v) is 7.98. The van der Waals surface area contributed by atoms with Crippen LogP contribution in [0.2, 0.25) is 0 Å². The lowest BCUT2D eigenvalue weighted by molar-refractivity contribution is 0.175. The molecule has 0 bridgehead atoms. The summed E-state index contributed by atoms with van der Waals surface area (Å²) in [7, 11) is 0. The summed E-state index contributed by atoms with van der Waals surface area (Å²) < 4.78 is 0. The molecule has 0 saturated heterocycles. The Kier molecular flexibility index (Phi) is 4.70. The minimum atomic E-state index is -0.491.